The summed E-state index contributed by atoms with van der Waals surface area (Å²) in [4.78, 5) is 4.91. The van der Waals surface area contributed by atoms with Crippen LogP contribution in [0.3, 0.4) is 0 Å². The van der Waals surface area contributed by atoms with Crippen molar-refractivity contribution in [1.82, 2.24) is 4.98 Å². The Labute approximate surface area is 114 Å². The van der Waals surface area contributed by atoms with Gasteiger partial charge in [0.1, 0.15) is 0 Å². The van der Waals surface area contributed by atoms with Gasteiger partial charge < -0.3 is 0 Å². The Balaban J connectivity index is 2.40. The van der Waals surface area contributed by atoms with E-state index in [1.165, 1.54) is 52.6 Å². The number of rotatable bonds is 1. The van der Waals surface area contributed by atoms with Crippen molar-refractivity contribution in [3.63, 3.8) is 0 Å². The number of hydrogen-bond donors (Lipinski definition) is 1. The molecule has 0 amide bonds. The zero-order valence-corrected chi connectivity index (χ0v) is 12.0. The summed E-state index contributed by atoms with van der Waals surface area (Å²) in [7, 11) is 0. The van der Waals surface area contributed by atoms with Gasteiger partial charge in [0.15, 0.2) is 0 Å². The largest absolute Gasteiger partial charge is 0.253 e. The van der Waals surface area contributed by atoms with Gasteiger partial charge >= 0.3 is 0 Å². The molecule has 1 aliphatic rings. The molecule has 2 heteroatoms. The minimum absolute atomic E-state index is 0.825. The predicted molar refractivity (Wildman–Crippen MR) is 80.5 cm³/mol. The Bertz CT molecular complexity index is 616. The molecule has 0 spiro atoms. The molecule has 0 fully saturated rings. The molecular formula is C16H19NS. The smallest absolute Gasteiger partial charge is 0.0713 e. The Kier molecular flexibility index (Phi) is 3.06. The van der Waals surface area contributed by atoms with Crippen LogP contribution in [0.5, 0.6) is 0 Å². The molecule has 3 rings (SSSR count). The van der Waals surface area contributed by atoms with Crippen LogP contribution in [0, 0.1) is 13.8 Å². The topological polar surface area (TPSA) is 12.9 Å². The third kappa shape index (κ3) is 1.83. The number of hydrogen-bond acceptors (Lipinski definition) is 2. The van der Waals surface area contributed by atoms with Crippen molar-refractivity contribution in [2.24, 2.45) is 0 Å². The summed E-state index contributed by atoms with van der Waals surface area (Å²) in [5.74, 6) is 0.825. The summed E-state index contributed by atoms with van der Waals surface area (Å²) in [6.45, 7) is 4.34. The quantitative estimate of drug-likeness (QED) is 0.757. The predicted octanol–water partition coefficient (Wildman–Crippen LogP) is 4.16. The monoisotopic (exact) mass is 257 g/mol. The third-order valence-corrected chi connectivity index (χ3v) is 4.29. The van der Waals surface area contributed by atoms with E-state index >= 15 is 0 Å². The molecule has 0 saturated carbocycles. The maximum Gasteiger partial charge on any atom is 0.0713 e. The number of thiol groups is 1. The van der Waals surface area contributed by atoms with E-state index in [-0.39, 0.29) is 0 Å². The van der Waals surface area contributed by atoms with Crippen LogP contribution >= 0.6 is 12.6 Å². The summed E-state index contributed by atoms with van der Waals surface area (Å²) in [6.07, 6.45) is 4.90. The van der Waals surface area contributed by atoms with E-state index in [0.29, 0.717) is 0 Å². The normalized spacial score (nSPS) is 14.8. The minimum atomic E-state index is 0.825. The Hall–Kier alpha value is -1.02. The molecule has 2 aromatic rings. The van der Waals surface area contributed by atoms with Gasteiger partial charge in [-0.15, -0.1) is 0 Å². The van der Waals surface area contributed by atoms with Crippen LogP contribution in [0.15, 0.2) is 12.1 Å². The average Bonchev–Trinajstić information content (AvgIpc) is 2.35. The second-order valence-electron chi connectivity index (χ2n) is 5.36. The molecule has 0 radical (unpaired) electrons. The molecule has 94 valence electrons. The highest BCUT2D eigenvalue weighted by molar-refractivity contribution is 7.79. The molecule has 0 N–H and O–H groups in total. The first-order valence-corrected chi connectivity index (χ1v) is 7.36. The summed E-state index contributed by atoms with van der Waals surface area (Å²) in [5.41, 5.74) is 8.04. The van der Waals surface area contributed by atoms with Crippen LogP contribution in [-0.2, 0) is 18.6 Å². The van der Waals surface area contributed by atoms with Gasteiger partial charge in [-0.2, -0.15) is 12.6 Å². The van der Waals surface area contributed by atoms with Gasteiger partial charge in [0.2, 0.25) is 0 Å². The van der Waals surface area contributed by atoms with Crippen molar-refractivity contribution in [3.05, 3.63) is 40.1 Å². The lowest BCUT2D eigenvalue weighted by atomic mass is 9.89. The summed E-state index contributed by atoms with van der Waals surface area (Å²) >= 11 is 4.57. The SMILES string of the molecule is Cc1cc(C)c2c(CS)c3c(nc2c1)CCCC3. The van der Waals surface area contributed by atoms with Crippen LogP contribution < -0.4 is 0 Å². The van der Waals surface area contributed by atoms with Crippen LogP contribution in [0.25, 0.3) is 10.9 Å². The van der Waals surface area contributed by atoms with Crippen LogP contribution in [0.4, 0.5) is 0 Å². The maximum absolute atomic E-state index is 4.91. The van der Waals surface area contributed by atoms with Gasteiger partial charge in [-0.1, -0.05) is 6.07 Å². The van der Waals surface area contributed by atoms with Crippen LogP contribution in [-0.4, -0.2) is 4.98 Å². The van der Waals surface area contributed by atoms with Crippen molar-refractivity contribution in [2.45, 2.75) is 45.3 Å². The van der Waals surface area contributed by atoms with E-state index in [1.54, 1.807) is 0 Å². The van der Waals surface area contributed by atoms with Gasteiger partial charge in [-0.3, -0.25) is 4.98 Å². The number of nitrogens with zero attached hydrogens (tertiary/aromatic N) is 1. The molecule has 0 aliphatic heterocycles. The second-order valence-corrected chi connectivity index (χ2v) is 5.67. The van der Waals surface area contributed by atoms with Gasteiger partial charge in [0.05, 0.1) is 5.52 Å². The van der Waals surface area contributed by atoms with E-state index in [0.717, 1.165) is 17.7 Å². The molecule has 18 heavy (non-hydrogen) atoms. The Morgan fingerprint density at radius 3 is 2.72 bits per heavy atom. The van der Waals surface area contributed by atoms with Crippen molar-refractivity contribution < 1.29 is 0 Å². The molecule has 1 heterocycles. The van der Waals surface area contributed by atoms with Crippen molar-refractivity contribution >= 4 is 23.5 Å². The molecule has 1 aliphatic carbocycles. The number of fused-ring (bicyclic) bond motifs is 2. The fraction of sp³-hybridized carbons (Fsp3) is 0.438. The molecule has 1 aromatic heterocycles. The first-order chi connectivity index (χ1) is 8.70. The number of aromatic nitrogens is 1. The highest BCUT2D eigenvalue weighted by Gasteiger charge is 2.18. The Morgan fingerprint density at radius 1 is 1.17 bits per heavy atom. The lowest BCUT2D eigenvalue weighted by Crippen LogP contribution is -2.09. The fourth-order valence-electron chi connectivity index (χ4n) is 3.23. The number of benzene rings is 1. The van der Waals surface area contributed by atoms with E-state index in [9.17, 15) is 0 Å². The number of pyridine rings is 1. The van der Waals surface area contributed by atoms with E-state index in [1.807, 2.05) is 0 Å². The van der Waals surface area contributed by atoms with Gasteiger partial charge in [0.25, 0.3) is 0 Å². The molecule has 0 saturated heterocycles. The van der Waals surface area contributed by atoms with Crippen LogP contribution in [0.1, 0.15) is 40.8 Å². The first kappa shape index (κ1) is 12.0. The van der Waals surface area contributed by atoms with E-state index in [2.05, 4.69) is 38.6 Å². The lowest BCUT2D eigenvalue weighted by molar-refractivity contribution is 0.667. The summed E-state index contributed by atoms with van der Waals surface area (Å²) in [5, 5.41) is 1.34. The van der Waals surface area contributed by atoms with E-state index in [4.69, 9.17) is 4.98 Å². The molecule has 0 atom stereocenters. The first-order valence-electron chi connectivity index (χ1n) is 6.73. The highest BCUT2D eigenvalue weighted by atomic mass is 32.1. The molecule has 1 aromatic carbocycles. The zero-order chi connectivity index (χ0) is 12.7. The van der Waals surface area contributed by atoms with Gasteiger partial charge in [0, 0.05) is 16.8 Å². The third-order valence-electron chi connectivity index (χ3n) is 3.98. The molecule has 0 unspecified atom stereocenters. The van der Waals surface area contributed by atoms with Crippen LogP contribution in [0.2, 0.25) is 0 Å². The van der Waals surface area contributed by atoms with Gasteiger partial charge in [-0.05, 0) is 67.9 Å². The average molecular weight is 257 g/mol. The Morgan fingerprint density at radius 2 is 1.94 bits per heavy atom. The van der Waals surface area contributed by atoms with Crippen molar-refractivity contribution in [3.8, 4) is 0 Å². The van der Waals surface area contributed by atoms with Crippen molar-refractivity contribution in [2.75, 3.05) is 0 Å². The van der Waals surface area contributed by atoms with Gasteiger partial charge in [-0.25, -0.2) is 0 Å². The van der Waals surface area contributed by atoms with Crippen molar-refractivity contribution in [1.29, 1.82) is 0 Å². The van der Waals surface area contributed by atoms with E-state index < -0.39 is 0 Å². The summed E-state index contributed by atoms with van der Waals surface area (Å²) < 4.78 is 0. The molecule has 0 bridgehead atoms. The maximum atomic E-state index is 4.91. The standard InChI is InChI=1S/C16H19NS/c1-10-7-11(2)16-13(9-18)12-5-3-4-6-14(12)17-15(16)8-10/h7-8,18H,3-6,9H2,1-2H3. The molecular weight excluding hydrogens is 238 g/mol. The minimum Gasteiger partial charge on any atom is -0.253 e. The highest BCUT2D eigenvalue weighted by Crippen LogP contribution is 2.32. The summed E-state index contributed by atoms with van der Waals surface area (Å²) in [6, 6.07) is 4.47. The fourth-order valence-corrected chi connectivity index (χ4v) is 3.58. The second kappa shape index (κ2) is 4.58. The lowest BCUT2D eigenvalue weighted by Gasteiger charge is -2.21. The zero-order valence-electron chi connectivity index (χ0n) is 11.1. The molecule has 1 nitrogen and oxygen atoms in total. The number of aryl methyl sites for hydroxylation is 3.